The van der Waals surface area contributed by atoms with E-state index in [1.165, 1.54) is 5.69 Å². The summed E-state index contributed by atoms with van der Waals surface area (Å²) in [5.74, 6) is 0.673. The van der Waals surface area contributed by atoms with Gasteiger partial charge in [-0.05, 0) is 43.0 Å². The molecule has 4 heterocycles. The van der Waals surface area contributed by atoms with Gasteiger partial charge in [-0.2, -0.15) is 0 Å². The molecule has 2 aliphatic heterocycles. The fourth-order valence-electron chi connectivity index (χ4n) is 4.66. The molecule has 3 aromatic rings. The van der Waals surface area contributed by atoms with E-state index >= 15 is 0 Å². The number of para-hydroxylation sites is 1. The lowest BCUT2D eigenvalue weighted by Gasteiger charge is -2.34. The van der Waals surface area contributed by atoms with Crippen LogP contribution in [0.2, 0.25) is 0 Å². The van der Waals surface area contributed by atoms with E-state index in [0.29, 0.717) is 37.8 Å². The summed E-state index contributed by atoms with van der Waals surface area (Å²) in [6.45, 7) is 5.60. The molecule has 0 saturated carbocycles. The number of fused-ring (bicyclic) bond motifs is 1. The largest absolute Gasteiger partial charge is 0.378 e. The maximum Gasteiger partial charge on any atom is 0.257 e. The molecule has 2 saturated heterocycles. The first-order valence-corrected chi connectivity index (χ1v) is 10.9. The molecule has 0 unspecified atom stereocenters. The van der Waals surface area contributed by atoms with E-state index in [1.807, 2.05) is 17.2 Å². The highest BCUT2D eigenvalue weighted by Crippen LogP contribution is 2.27. The number of aromatic nitrogens is 2. The summed E-state index contributed by atoms with van der Waals surface area (Å²) >= 11 is 0. The zero-order valence-electron chi connectivity index (χ0n) is 17.2. The SMILES string of the molecule is O=C(c1cn(CC2CCN(c3ccccc3)CC2)c2cccnc12)N1CCOCC1. The molecule has 156 valence electrons. The summed E-state index contributed by atoms with van der Waals surface area (Å²) in [6.07, 6.45) is 6.11. The van der Waals surface area contributed by atoms with Crippen LogP contribution in [0.3, 0.4) is 0 Å². The number of morpholine rings is 1. The Balaban J connectivity index is 1.32. The minimum Gasteiger partial charge on any atom is -0.378 e. The van der Waals surface area contributed by atoms with Crippen LogP contribution in [-0.4, -0.2) is 59.8 Å². The molecule has 5 rings (SSSR count). The van der Waals surface area contributed by atoms with Crippen LogP contribution in [-0.2, 0) is 11.3 Å². The van der Waals surface area contributed by atoms with Gasteiger partial charge in [0.15, 0.2) is 0 Å². The third kappa shape index (κ3) is 3.79. The van der Waals surface area contributed by atoms with E-state index < -0.39 is 0 Å². The van der Waals surface area contributed by atoms with Crippen LogP contribution in [0, 0.1) is 5.92 Å². The molecule has 0 atom stereocenters. The van der Waals surface area contributed by atoms with Gasteiger partial charge in [-0.1, -0.05) is 18.2 Å². The lowest BCUT2D eigenvalue weighted by atomic mass is 9.96. The zero-order chi connectivity index (χ0) is 20.3. The van der Waals surface area contributed by atoms with Crippen LogP contribution in [0.5, 0.6) is 0 Å². The van der Waals surface area contributed by atoms with Gasteiger partial charge in [0.05, 0.1) is 24.3 Å². The molecule has 6 heteroatoms. The fourth-order valence-corrected chi connectivity index (χ4v) is 4.66. The van der Waals surface area contributed by atoms with Crippen molar-refractivity contribution in [2.75, 3.05) is 44.3 Å². The van der Waals surface area contributed by atoms with Crippen molar-refractivity contribution in [2.45, 2.75) is 19.4 Å². The average Bonchev–Trinajstić information content (AvgIpc) is 3.19. The van der Waals surface area contributed by atoms with E-state index in [0.717, 1.165) is 43.5 Å². The summed E-state index contributed by atoms with van der Waals surface area (Å²) in [5.41, 5.74) is 3.90. The van der Waals surface area contributed by atoms with Gasteiger partial charge in [0.2, 0.25) is 0 Å². The number of piperidine rings is 1. The number of rotatable bonds is 4. The third-order valence-electron chi connectivity index (χ3n) is 6.36. The van der Waals surface area contributed by atoms with Crippen LogP contribution < -0.4 is 4.90 Å². The molecular formula is C24H28N4O2. The molecule has 2 aromatic heterocycles. The molecule has 30 heavy (non-hydrogen) atoms. The molecule has 0 N–H and O–H groups in total. The monoisotopic (exact) mass is 404 g/mol. The van der Waals surface area contributed by atoms with E-state index in [-0.39, 0.29) is 5.91 Å². The van der Waals surface area contributed by atoms with Crippen molar-refractivity contribution in [2.24, 2.45) is 5.92 Å². The Kier molecular flexibility index (Phi) is 5.41. The fraction of sp³-hybridized carbons (Fsp3) is 0.417. The molecular weight excluding hydrogens is 376 g/mol. The Bertz CT molecular complexity index is 1000. The van der Waals surface area contributed by atoms with Gasteiger partial charge in [0, 0.05) is 50.8 Å². The highest BCUT2D eigenvalue weighted by molar-refractivity contribution is 6.05. The molecule has 2 fully saturated rings. The van der Waals surface area contributed by atoms with Gasteiger partial charge in [-0.15, -0.1) is 0 Å². The van der Waals surface area contributed by atoms with Crippen molar-refractivity contribution < 1.29 is 9.53 Å². The van der Waals surface area contributed by atoms with Crippen LogP contribution in [0.15, 0.2) is 54.9 Å². The second-order valence-corrected chi connectivity index (χ2v) is 8.24. The predicted molar refractivity (Wildman–Crippen MR) is 118 cm³/mol. The van der Waals surface area contributed by atoms with Crippen molar-refractivity contribution in [3.8, 4) is 0 Å². The Morgan fingerprint density at radius 1 is 1.00 bits per heavy atom. The molecule has 0 aliphatic carbocycles. The average molecular weight is 405 g/mol. The number of hydrogen-bond acceptors (Lipinski definition) is 4. The van der Waals surface area contributed by atoms with Crippen molar-refractivity contribution in [1.29, 1.82) is 0 Å². The van der Waals surface area contributed by atoms with Crippen LogP contribution in [0.25, 0.3) is 11.0 Å². The lowest BCUT2D eigenvalue weighted by molar-refractivity contribution is 0.0304. The predicted octanol–water partition coefficient (Wildman–Crippen LogP) is 3.43. The van der Waals surface area contributed by atoms with E-state index in [2.05, 4.69) is 50.8 Å². The standard InChI is InChI=1S/C24H28N4O2/c29-24(27-13-15-30-16-14-27)21-18-28(22-7-4-10-25-23(21)22)17-19-8-11-26(12-9-19)20-5-2-1-3-6-20/h1-7,10,18-19H,8-9,11-17H2. The number of amides is 1. The summed E-state index contributed by atoms with van der Waals surface area (Å²) in [6, 6.07) is 14.7. The summed E-state index contributed by atoms with van der Waals surface area (Å²) < 4.78 is 7.65. The Morgan fingerprint density at radius 2 is 1.77 bits per heavy atom. The minimum atomic E-state index is 0.0691. The molecule has 2 aliphatic rings. The van der Waals surface area contributed by atoms with Gasteiger partial charge in [0.25, 0.3) is 5.91 Å². The van der Waals surface area contributed by atoms with Gasteiger partial charge >= 0.3 is 0 Å². The quantitative estimate of drug-likeness (QED) is 0.669. The number of ether oxygens (including phenoxy) is 1. The van der Waals surface area contributed by atoms with E-state index in [9.17, 15) is 4.79 Å². The molecule has 1 aromatic carbocycles. The van der Waals surface area contributed by atoms with Gasteiger partial charge in [-0.3, -0.25) is 9.78 Å². The highest BCUT2D eigenvalue weighted by Gasteiger charge is 2.25. The van der Waals surface area contributed by atoms with E-state index in [4.69, 9.17) is 4.74 Å². The summed E-state index contributed by atoms with van der Waals surface area (Å²) in [5, 5.41) is 0. The van der Waals surface area contributed by atoms with Crippen molar-refractivity contribution in [3.63, 3.8) is 0 Å². The number of carbonyl (C=O) groups is 1. The van der Waals surface area contributed by atoms with Crippen molar-refractivity contribution >= 4 is 22.6 Å². The number of anilines is 1. The summed E-state index contributed by atoms with van der Waals surface area (Å²) in [4.78, 5) is 22.0. The number of hydrogen-bond donors (Lipinski definition) is 0. The van der Waals surface area contributed by atoms with Crippen molar-refractivity contribution in [3.05, 3.63) is 60.4 Å². The molecule has 0 spiro atoms. The number of carbonyl (C=O) groups excluding carboxylic acids is 1. The smallest absolute Gasteiger partial charge is 0.257 e. The Hall–Kier alpha value is -2.86. The maximum atomic E-state index is 13.1. The first-order chi connectivity index (χ1) is 14.8. The minimum absolute atomic E-state index is 0.0691. The number of pyridine rings is 1. The van der Waals surface area contributed by atoms with Gasteiger partial charge < -0.3 is 19.1 Å². The lowest BCUT2D eigenvalue weighted by Crippen LogP contribution is -2.40. The molecule has 1 amide bonds. The Morgan fingerprint density at radius 3 is 2.53 bits per heavy atom. The summed E-state index contributed by atoms with van der Waals surface area (Å²) in [7, 11) is 0. The second-order valence-electron chi connectivity index (χ2n) is 8.24. The first kappa shape index (κ1) is 19.1. The number of nitrogens with zero attached hydrogens (tertiary/aromatic N) is 4. The normalized spacial score (nSPS) is 18.1. The van der Waals surface area contributed by atoms with Gasteiger partial charge in [-0.25, -0.2) is 0 Å². The Labute approximate surface area is 177 Å². The van der Waals surface area contributed by atoms with Gasteiger partial charge in [0.1, 0.15) is 5.52 Å². The van der Waals surface area contributed by atoms with Crippen LogP contribution in [0.1, 0.15) is 23.2 Å². The number of benzene rings is 1. The third-order valence-corrected chi connectivity index (χ3v) is 6.36. The molecule has 6 nitrogen and oxygen atoms in total. The van der Waals surface area contributed by atoms with E-state index in [1.54, 1.807) is 6.20 Å². The zero-order valence-corrected chi connectivity index (χ0v) is 17.2. The molecule has 0 bridgehead atoms. The highest BCUT2D eigenvalue weighted by atomic mass is 16.5. The first-order valence-electron chi connectivity index (χ1n) is 10.9. The van der Waals surface area contributed by atoms with Crippen molar-refractivity contribution in [1.82, 2.24) is 14.5 Å². The van der Waals surface area contributed by atoms with Crippen LogP contribution in [0.4, 0.5) is 5.69 Å². The van der Waals surface area contributed by atoms with Crippen LogP contribution >= 0.6 is 0 Å². The molecule has 0 radical (unpaired) electrons. The topological polar surface area (TPSA) is 50.6 Å². The maximum absolute atomic E-state index is 13.1. The second kappa shape index (κ2) is 8.48.